The number of hydrogen-bond acceptors (Lipinski definition) is 2. The number of carbonyl (C=O) groups is 1. The minimum absolute atomic E-state index is 0.362. The minimum atomic E-state index is -1.02. The average molecular weight is 288 g/mol. The van der Waals surface area contributed by atoms with Crippen molar-refractivity contribution in [2.45, 2.75) is 6.04 Å². The quantitative estimate of drug-likeness (QED) is 0.818. The average Bonchev–Trinajstić information content (AvgIpc) is 2.20. The zero-order valence-corrected chi connectivity index (χ0v) is 10.00. The maximum absolute atomic E-state index is 12.9. The maximum Gasteiger partial charge on any atom is 0.325 e. The Morgan fingerprint density at radius 2 is 2.38 bits per heavy atom. The second-order valence-electron chi connectivity index (χ2n) is 3.13. The summed E-state index contributed by atoms with van der Waals surface area (Å²) in [5.74, 6) is -1.43. The van der Waals surface area contributed by atoms with E-state index in [1.165, 1.54) is 18.2 Å². The topological polar surface area (TPSA) is 49.3 Å². The Morgan fingerprint density at radius 1 is 1.69 bits per heavy atom. The number of nitrogens with one attached hydrogen (secondary N) is 1. The van der Waals surface area contributed by atoms with E-state index < -0.39 is 17.8 Å². The van der Waals surface area contributed by atoms with Crippen LogP contribution in [0, 0.1) is 5.82 Å². The summed E-state index contributed by atoms with van der Waals surface area (Å²) < 4.78 is 13.3. The van der Waals surface area contributed by atoms with E-state index in [-0.39, 0.29) is 0 Å². The van der Waals surface area contributed by atoms with Crippen LogP contribution in [0.15, 0.2) is 35.3 Å². The van der Waals surface area contributed by atoms with Crippen LogP contribution in [0.25, 0.3) is 0 Å². The van der Waals surface area contributed by atoms with E-state index in [1.807, 2.05) is 0 Å². The van der Waals surface area contributed by atoms with Crippen LogP contribution in [0.1, 0.15) is 11.6 Å². The van der Waals surface area contributed by atoms with Crippen molar-refractivity contribution < 1.29 is 14.3 Å². The number of carboxylic acid groups (broad SMARTS) is 1. The molecular formula is C11H11BrFNO2. The Bertz CT molecular complexity index is 409. The molecule has 0 heterocycles. The van der Waals surface area contributed by atoms with Gasteiger partial charge in [0.1, 0.15) is 11.9 Å². The Hall–Kier alpha value is -1.20. The Kier molecular flexibility index (Phi) is 4.64. The number of hydrogen-bond donors (Lipinski definition) is 2. The normalized spacial score (nSPS) is 12.1. The molecule has 0 saturated heterocycles. The molecule has 1 rings (SSSR count). The van der Waals surface area contributed by atoms with Gasteiger partial charge in [-0.15, -0.1) is 6.58 Å². The number of rotatable bonds is 5. The Labute approximate surface area is 101 Å². The predicted molar refractivity (Wildman–Crippen MR) is 62.7 cm³/mol. The summed E-state index contributed by atoms with van der Waals surface area (Å²) in [4.78, 5) is 11.0. The van der Waals surface area contributed by atoms with Crippen LogP contribution in [-0.2, 0) is 4.79 Å². The summed E-state index contributed by atoms with van der Waals surface area (Å²) in [6, 6.07) is 3.02. The van der Waals surface area contributed by atoms with Gasteiger partial charge in [0.05, 0.1) is 0 Å². The first-order valence-corrected chi connectivity index (χ1v) is 5.37. The monoisotopic (exact) mass is 287 g/mol. The molecule has 86 valence electrons. The van der Waals surface area contributed by atoms with Gasteiger partial charge in [-0.25, -0.2) is 4.39 Å². The van der Waals surface area contributed by atoms with Gasteiger partial charge in [0.2, 0.25) is 0 Å². The third-order valence-electron chi connectivity index (χ3n) is 1.99. The lowest BCUT2D eigenvalue weighted by Crippen LogP contribution is -2.28. The largest absolute Gasteiger partial charge is 0.480 e. The molecule has 0 saturated carbocycles. The SMILES string of the molecule is C=CCNC(C(=O)O)c1ccc(F)cc1Br. The fourth-order valence-electron chi connectivity index (χ4n) is 1.27. The highest BCUT2D eigenvalue weighted by molar-refractivity contribution is 9.10. The number of carboxylic acids is 1. The van der Waals surface area contributed by atoms with Gasteiger partial charge in [-0.05, 0) is 17.7 Å². The molecule has 1 unspecified atom stereocenters. The van der Waals surface area contributed by atoms with Crippen LogP contribution < -0.4 is 5.32 Å². The highest BCUT2D eigenvalue weighted by atomic mass is 79.9. The van der Waals surface area contributed by atoms with Crippen molar-refractivity contribution in [2.24, 2.45) is 0 Å². The highest BCUT2D eigenvalue weighted by Crippen LogP contribution is 2.24. The maximum atomic E-state index is 12.9. The van der Waals surface area contributed by atoms with Gasteiger partial charge >= 0.3 is 5.97 Å². The van der Waals surface area contributed by atoms with Crippen LogP contribution >= 0.6 is 15.9 Å². The van der Waals surface area contributed by atoms with E-state index in [1.54, 1.807) is 6.08 Å². The molecule has 0 spiro atoms. The molecule has 0 aliphatic heterocycles. The van der Waals surface area contributed by atoms with Crippen molar-refractivity contribution in [1.29, 1.82) is 0 Å². The standard InChI is InChI=1S/C11H11BrFNO2/c1-2-5-14-10(11(15)16)8-4-3-7(13)6-9(8)12/h2-4,6,10,14H,1,5H2,(H,15,16). The fraction of sp³-hybridized carbons (Fsp3) is 0.182. The lowest BCUT2D eigenvalue weighted by Gasteiger charge is -2.15. The van der Waals surface area contributed by atoms with E-state index in [4.69, 9.17) is 5.11 Å². The number of aliphatic carboxylic acids is 1. The number of benzene rings is 1. The van der Waals surface area contributed by atoms with Crippen molar-refractivity contribution in [3.8, 4) is 0 Å². The van der Waals surface area contributed by atoms with Crippen molar-refractivity contribution in [2.75, 3.05) is 6.54 Å². The summed E-state index contributed by atoms with van der Waals surface area (Å²) in [7, 11) is 0. The first kappa shape index (κ1) is 12.9. The van der Waals surface area contributed by atoms with Gasteiger partial charge in [-0.3, -0.25) is 10.1 Å². The fourth-order valence-corrected chi connectivity index (χ4v) is 1.85. The Morgan fingerprint density at radius 3 is 2.88 bits per heavy atom. The smallest absolute Gasteiger partial charge is 0.325 e. The van der Waals surface area contributed by atoms with Gasteiger partial charge in [-0.2, -0.15) is 0 Å². The predicted octanol–water partition coefficient (Wildman–Crippen LogP) is 2.49. The molecule has 1 aromatic carbocycles. The van der Waals surface area contributed by atoms with E-state index >= 15 is 0 Å². The molecule has 0 aliphatic rings. The van der Waals surface area contributed by atoms with Crippen molar-refractivity contribution >= 4 is 21.9 Å². The molecule has 16 heavy (non-hydrogen) atoms. The highest BCUT2D eigenvalue weighted by Gasteiger charge is 2.21. The zero-order chi connectivity index (χ0) is 12.1. The van der Waals surface area contributed by atoms with Crippen LogP contribution in [0.5, 0.6) is 0 Å². The van der Waals surface area contributed by atoms with Crippen LogP contribution in [-0.4, -0.2) is 17.6 Å². The molecule has 3 nitrogen and oxygen atoms in total. The molecule has 0 aliphatic carbocycles. The summed E-state index contributed by atoms with van der Waals surface area (Å²) in [6.45, 7) is 3.86. The lowest BCUT2D eigenvalue weighted by atomic mass is 10.1. The third kappa shape index (κ3) is 3.15. The number of halogens is 2. The molecular weight excluding hydrogens is 277 g/mol. The molecule has 1 atom stereocenters. The van der Waals surface area contributed by atoms with Gasteiger partial charge < -0.3 is 5.11 Å². The molecule has 5 heteroatoms. The summed E-state index contributed by atoms with van der Waals surface area (Å²) in [6.07, 6.45) is 1.56. The van der Waals surface area contributed by atoms with E-state index in [9.17, 15) is 9.18 Å². The molecule has 0 aromatic heterocycles. The molecule has 0 amide bonds. The third-order valence-corrected chi connectivity index (χ3v) is 2.67. The van der Waals surface area contributed by atoms with E-state index in [0.717, 1.165) is 0 Å². The van der Waals surface area contributed by atoms with Gasteiger partial charge in [0, 0.05) is 11.0 Å². The van der Waals surface area contributed by atoms with Crippen LogP contribution in [0.4, 0.5) is 4.39 Å². The minimum Gasteiger partial charge on any atom is -0.480 e. The molecule has 0 fully saturated rings. The molecule has 0 radical (unpaired) electrons. The van der Waals surface area contributed by atoms with Crippen molar-refractivity contribution in [3.63, 3.8) is 0 Å². The summed E-state index contributed by atoms with van der Waals surface area (Å²) >= 11 is 3.14. The first-order chi connectivity index (χ1) is 7.56. The summed E-state index contributed by atoms with van der Waals surface area (Å²) in [5, 5.41) is 11.8. The van der Waals surface area contributed by atoms with Gasteiger partial charge in [0.25, 0.3) is 0 Å². The second-order valence-corrected chi connectivity index (χ2v) is 3.99. The zero-order valence-electron chi connectivity index (χ0n) is 8.41. The first-order valence-electron chi connectivity index (χ1n) is 4.58. The van der Waals surface area contributed by atoms with Gasteiger partial charge in [0.15, 0.2) is 0 Å². The van der Waals surface area contributed by atoms with Crippen molar-refractivity contribution in [1.82, 2.24) is 5.32 Å². The molecule has 0 bridgehead atoms. The van der Waals surface area contributed by atoms with Crippen LogP contribution in [0.2, 0.25) is 0 Å². The summed E-state index contributed by atoms with van der Waals surface area (Å²) in [5.41, 5.74) is 0.482. The second kappa shape index (κ2) is 5.77. The van der Waals surface area contributed by atoms with Gasteiger partial charge in [-0.1, -0.05) is 28.1 Å². The van der Waals surface area contributed by atoms with Crippen LogP contribution in [0.3, 0.4) is 0 Å². The van der Waals surface area contributed by atoms with Crippen molar-refractivity contribution in [3.05, 3.63) is 46.7 Å². The molecule has 1 aromatic rings. The molecule has 2 N–H and O–H groups in total. The van der Waals surface area contributed by atoms with E-state index in [2.05, 4.69) is 27.8 Å². The van der Waals surface area contributed by atoms with E-state index in [0.29, 0.717) is 16.6 Å². The lowest BCUT2D eigenvalue weighted by molar-refractivity contribution is -0.139. The Balaban J connectivity index is 3.00.